The highest BCUT2D eigenvalue weighted by Crippen LogP contribution is 2.59. The number of rotatable bonds is 4. The predicted molar refractivity (Wildman–Crippen MR) is 79.3 cm³/mol. The molecule has 0 amide bonds. The van der Waals surface area contributed by atoms with Crippen LogP contribution >= 0.6 is 0 Å². The van der Waals surface area contributed by atoms with E-state index in [9.17, 15) is 10.2 Å². The summed E-state index contributed by atoms with van der Waals surface area (Å²) in [6.45, 7) is 0. The van der Waals surface area contributed by atoms with E-state index in [1.807, 2.05) is 18.2 Å². The summed E-state index contributed by atoms with van der Waals surface area (Å²) < 4.78 is 10.5. The lowest BCUT2D eigenvalue weighted by Gasteiger charge is -2.21. The molecule has 2 aromatic rings. The normalized spacial score (nSPS) is 15.5. The van der Waals surface area contributed by atoms with Crippen LogP contribution in [0.3, 0.4) is 0 Å². The number of phenolic OH excluding ortho intramolecular Hbond substituents is 2. The first-order chi connectivity index (χ1) is 10.1. The Morgan fingerprint density at radius 1 is 0.905 bits per heavy atom. The summed E-state index contributed by atoms with van der Waals surface area (Å²) in [6.07, 6.45) is 1.77. The first-order valence-electron chi connectivity index (χ1n) is 6.87. The van der Waals surface area contributed by atoms with Gasteiger partial charge in [-0.3, -0.25) is 0 Å². The van der Waals surface area contributed by atoms with Crippen LogP contribution in [0, 0.1) is 0 Å². The van der Waals surface area contributed by atoms with Crippen LogP contribution in [0.5, 0.6) is 23.0 Å². The summed E-state index contributed by atoms with van der Waals surface area (Å²) in [5, 5.41) is 20.7. The van der Waals surface area contributed by atoms with E-state index in [1.165, 1.54) is 14.2 Å². The van der Waals surface area contributed by atoms with Gasteiger partial charge < -0.3 is 19.7 Å². The fourth-order valence-electron chi connectivity index (χ4n) is 2.98. The van der Waals surface area contributed by atoms with Crippen LogP contribution in [0.15, 0.2) is 36.4 Å². The van der Waals surface area contributed by atoms with Crippen molar-refractivity contribution in [2.45, 2.75) is 18.3 Å². The van der Waals surface area contributed by atoms with E-state index in [0.29, 0.717) is 11.5 Å². The largest absolute Gasteiger partial charge is 0.508 e. The minimum absolute atomic E-state index is 0.0811. The van der Waals surface area contributed by atoms with Crippen molar-refractivity contribution >= 4 is 0 Å². The number of hydrogen-bond donors (Lipinski definition) is 2. The molecule has 2 aromatic carbocycles. The second kappa shape index (κ2) is 4.88. The maximum absolute atomic E-state index is 10.5. The van der Waals surface area contributed by atoms with E-state index in [1.54, 1.807) is 18.2 Å². The molecule has 4 nitrogen and oxygen atoms in total. The number of para-hydroxylation sites is 1. The molecule has 1 saturated carbocycles. The van der Waals surface area contributed by atoms with Crippen molar-refractivity contribution in [1.82, 2.24) is 0 Å². The number of methoxy groups -OCH3 is 2. The van der Waals surface area contributed by atoms with Gasteiger partial charge in [0.2, 0.25) is 5.75 Å². The summed E-state index contributed by atoms with van der Waals surface area (Å²) in [5.74, 6) is 1.16. The number of hydrogen-bond acceptors (Lipinski definition) is 4. The third-order valence-corrected chi connectivity index (χ3v) is 4.20. The fraction of sp³-hybridized carbons (Fsp3) is 0.294. The van der Waals surface area contributed by atoms with Crippen LogP contribution in [0.4, 0.5) is 0 Å². The summed E-state index contributed by atoms with van der Waals surface area (Å²) in [4.78, 5) is 0. The molecule has 0 radical (unpaired) electrons. The van der Waals surface area contributed by atoms with Crippen molar-refractivity contribution in [2.24, 2.45) is 0 Å². The van der Waals surface area contributed by atoms with Gasteiger partial charge >= 0.3 is 0 Å². The lowest BCUT2D eigenvalue weighted by atomic mass is 9.86. The zero-order valence-electron chi connectivity index (χ0n) is 12.1. The van der Waals surface area contributed by atoms with Gasteiger partial charge in [-0.15, -0.1) is 0 Å². The van der Waals surface area contributed by atoms with E-state index >= 15 is 0 Å². The van der Waals surface area contributed by atoms with E-state index in [0.717, 1.165) is 24.0 Å². The highest BCUT2D eigenvalue weighted by molar-refractivity contribution is 5.62. The minimum Gasteiger partial charge on any atom is -0.508 e. The Labute approximate surface area is 123 Å². The molecule has 110 valence electrons. The van der Waals surface area contributed by atoms with Crippen molar-refractivity contribution in [3.8, 4) is 23.0 Å². The SMILES string of the molecule is COc1ccc(C2(c3ccccc3O)CC2)c(O)c1OC. The van der Waals surface area contributed by atoms with Gasteiger partial charge in [0.25, 0.3) is 0 Å². The summed E-state index contributed by atoms with van der Waals surface area (Å²) in [6, 6.07) is 10.9. The van der Waals surface area contributed by atoms with Crippen LogP contribution in [-0.4, -0.2) is 24.4 Å². The molecule has 0 atom stereocenters. The van der Waals surface area contributed by atoms with Gasteiger partial charge in [0.05, 0.1) is 14.2 Å². The Balaban J connectivity index is 2.15. The van der Waals surface area contributed by atoms with Gasteiger partial charge in [-0.1, -0.05) is 24.3 Å². The molecular weight excluding hydrogens is 268 g/mol. The lowest BCUT2D eigenvalue weighted by molar-refractivity contribution is 0.330. The highest BCUT2D eigenvalue weighted by Gasteiger charge is 2.49. The highest BCUT2D eigenvalue weighted by atomic mass is 16.5. The maximum Gasteiger partial charge on any atom is 0.203 e. The second-order valence-corrected chi connectivity index (χ2v) is 5.30. The fourth-order valence-corrected chi connectivity index (χ4v) is 2.98. The minimum atomic E-state index is -0.338. The van der Waals surface area contributed by atoms with Crippen LogP contribution < -0.4 is 9.47 Å². The molecule has 0 saturated heterocycles. The Morgan fingerprint density at radius 3 is 2.19 bits per heavy atom. The van der Waals surface area contributed by atoms with E-state index in [-0.39, 0.29) is 16.9 Å². The van der Waals surface area contributed by atoms with Crippen LogP contribution in [0.25, 0.3) is 0 Å². The quantitative estimate of drug-likeness (QED) is 0.906. The zero-order valence-corrected chi connectivity index (χ0v) is 12.1. The third kappa shape index (κ3) is 1.98. The van der Waals surface area contributed by atoms with Crippen LogP contribution in [0.2, 0.25) is 0 Å². The summed E-state index contributed by atoms with van der Waals surface area (Å²) in [5.41, 5.74) is 1.27. The first-order valence-corrected chi connectivity index (χ1v) is 6.87. The second-order valence-electron chi connectivity index (χ2n) is 5.30. The molecule has 1 aliphatic rings. The number of benzene rings is 2. The number of phenols is 2. The average molecular weight is 286 g/mol. The third-order valence-electron chi connectivity index (χ3n) is 4.20. The molecule has 2 N–H and O–H groups in total. The van der Waals surface area contributed by atoms with Crippen molar-refractivity contribution < 1.29 is 19.7 Å². The van der Waals surface area contributed by atoms with Gasteiger partial charge in [0, 0.05) is 16.5 Å². The van der Waals surface area contributed by atoms with Gasteiger partial charge in [0.15, 0.2) is 11.5 Å². The molecule has 4 heteroatoms. The van der Waals surface area contributed by atoms with Gasteiger partial charge in [0.1, 0.15) is 5.75 Å². The van der Waals surface area contributed by atoms with Crippen molar-refractivity contribution in [1.29, 1.82) is 0 Å². The topological polar surface area (TPSA) is 58.9 Å². The number of aromatic hydroxyl groups is 2. The lowest BCUT2D eigenvalue weighted by Crippen LogP contribution is -2.10. The van der Waals surface area contributed by atoms with E-state index in [4.69, 9.17) is 9.47 Å². The van der Waals surface area contributed by atoms with Crippen LogP contribution in [0.1, 0.15) is 24.0 Å². The molecule has 0 unspecified atom stereocenters. The predicted octanol–water partition coefficient (Wildman–Crippen LogP) is 3.19. The van der Waals surface area contributed by atoms with Gasteiger partial charge in [-0.2, -0.15) is 0 Å². The van der Waals surface area contributed by atoms with Gasteiger partial charge in [-0.25, -0.2) is 0 Å². The molecule has 0 aliphatic heterocycles. The molecule has 1 fully saturated rings. The molecule has 0 heterocycles. The molecule has 21 heavy (non-hydrogen) atoms. The molecule has 0 spiro atoms. The van der Waals surface area contributed by atoms with Crippen LogP contribution in [-0.2, 0) is 5.41 Å². The summed E-state index contributed by atoms with van der Waals surface area (Å²) in [7, 11) is 3.04. The Kier molecular flexibility index (Phi) is 3.16. The smallest absolute Gasteiger partial charge is 0.203 e. The van der Waals surface area contributed by atoms with Crippen molar-refractivity contribution in [2.75, 3.05) is 14.2 Å². The van der Waals surface area contributed by atoms with E-state index in [2.05, 4.69) is 0 Å². The molecular formula is C17H18O4. The standard InChI is InChI=1S/C17H18O4/c1-20-14-8-7-12(15(19)16(14)21-2)17(9-10-17)11-5-3-4-6-13(11)18/h3-8,18-19H,9-10H2,1-2H3. The molecule has 3 rings (SSSR count). The molecule has 1 aliphatic carbocycles. The van der Waals surface area contributed by atoms with Gasteiger partial charge in [-0.05, 0) is 25.0 Å². The average Bonchev–Trinajstić information content (AvgIpc) is 3.28. The summed E-state index contributed by atoms with van der Waals surface area (Å²) >= 11 is 0. The Hall–Kier alpha value is -2.36. The van der Waals surface area contributed by atoms with E-state index < -0.39 is 0 Å². The molecule has 0 bridgehead atoms. The van der Waals surface area contributed by atoms with Crippen molar-refractivity contribution in [3.05, 3.63) is 47.5 Å². The zero-order chi connectivity index (χ0) is 15.0. The Morgan fingerprint density at radius 2 is 1.62 bits per heavy atom. The van der Waals surface area contributed by atoms with Crippen molar-refractivity contribution in [3.63, 3.8) is 0 Å². The Bertz CT molecular complexity index is 674. The monoisotopic (exact) mass is 286 g/mol. The first kappa shape index (κ1) is 13.6. The number of ether oxygens (including phenoxy) is 2. The maximum atomic E-state index is 10.5. The molecule has 0 aromatic heterocycles.